The van der Waals surface area contributed by atoms with E-state index in [0.29, 0.717) is 13.0 Å². The van der Waals surface area contributed by atoms with Crippen molar-refractivity contribution in [1.29, 1.82) is 0 Å². The molecule has 0 bridgehead atoms. The molecule has 0 aromatic carbocycles. The molecule has 1 rings (SSSR count). The Morgan fingerprint density at radius 3 is 2.70 bits per heavy atom. The van der Waals surface area contributed by atoms with E-state index in [0.717, 1.165) is 13.2 Å². The summed E-state index contributed by atoms with van der Waals surface area (Å²) in [6.07, 6.45) is 0.133. The molecule has 0 saturated carbocycles. The van der Waals surface area contributed by atoms with Crippen molar-refractivity contribution >= 4 is 0 Å². The van der Waals surface area contributed by atoms with Crippen LogP contribution >= 0.6 is 0 Å². The maximum absolute atomic E-state index is 12.6. The van der Waals surface area contributed by atoms with Crippen LogP contribution in [0.25, 0.3) is 0 Å². The number of nitrogens with zero attached hydrogens (tertiary/aromatic N) is 2. The molecule has 0 aliphatic carbocycles. The molecule has 1 heterocycles. The minimum Gasteiger partial charge on any atom is -0.297 e. The Morgan fingerprint density at radius 2 is 2.30 bits per heavy atom. The number of hydrogen-bond donors (Lipinski definition) is 0. The second kappa shape index (κ2) is 3.30. The zero-order valence-corrected chi connectivity index (χ0v) is 6.68. The zero-order valence-electron chi connectivity index (χ0n) is 6.68. The maximum atomic E-state index is 12.6. The van der Waals surface area contributed by atoms with Crippen LogP contribution in [0, 0.1) is 0 Å². The van der Waals surface area contributed by atoms with Gasteiger partial charge in [-0.1, -0.05) is 0 Å². The fourth-order valence-corrected chi connectivity index (χ4v) is 1.31. The monoisotopic (exact) mass is 146 g/mol. The first-order chi connectivity index (χ1) is 4.68. The van der Waals surface area contributed by atoms with Crippen LogP contribution in [0.1, 0.15) is 6.42 Å². The van der Waals surface area contributed by atoms with E-state index < -0.39 is 6.17 Å². The molecule has 1 aliphatic rings. The maximum Gasteiger partial charge on any atom is 0.114 e. The molecule has 0 amide bonds. The molecule has 1 fully saturated rings. The minimum absolute atomic E-state index is 0.583. The Balaban J connectivity index is 2.18. The van der Waals surface area contributed by atoms with Crippen molar-refractivity contribution < 1.29 is 4.39 Å². The molecule has 1 saturated heterocycles. The third kappa shape index (κ3) is 2.23. The summed E-state index contributed by atoms with van der Waals surface area (Å²) < 4.78 is 12.6. The Bertz CT molecular complexity index is 106. The van der Waals surface area contributed by atoms with E-state index in [2.05, 4.69) is 9.80 Å². The first kappa shape index (κ1) is 7.95. The molecular formula is C7H15FN2. The highest BCUT2D eigenvalue weighted by atomic mass is 19.1. The van der Waals surface area contributed by atoms with Crippen molar-refractivity contribution in [3.63, 3.8) is 0 Å². The number of halogens is 1. The van der Waals surface area contributed by atoms with Crippen LogP contribution in [0.3, 0.4) is 0 Å². The normalized spacial score (nSPS) is 28.2. The zero-order chi connectivity index (χ0) is 7.56. The van der Waals surface area contributed by atoms with Gasteiger partial charge in [0, 0.05) is 13.1 Å². The average Bonchev–Trinajstić information content (AvgIpc) is 2.13. The van der Waals surface area contributed by atoms with Crippen LogP contribution in [0.2, 0.25) is 0 Å². The van der Waals surface area contributed by atoms with Crippen molar-refractivity contribution in [2.24, 2.45) is 0 Å². The molecule has 0 N–H and O–H groups in total. The molecule has 0 aromatic rings. The van der Waals surface area contributed by atoms with Gasteiger partial charge in [-0.05, 0) is 20.5 Å². The molecule has 3 heteroatoms. The lowest BCUT2D eigenvalue weighted by molar-refractivity contribution is 0.196. The third-order valence-electron chi connectivity index (χ3n) is 1.70. The molecule has 1 aliphatic heterocycles. The average molecular weight is 146 g/mol. The summed E-state index contributed by atoms with van der Waals surface area (Å²) in [5.41, 5.74) is 0. The third-order valence-corrected chi connectivity index (χ3v) is 1.70. The summed E-state index contributed by atoms with van der Waals surface area (Å²) in [6, 6.07) is 0. The number of likely N-dealkylation sites (tertiary alicyclic amines) is 1. The van der Waals surface area contributed by atoms with Gasteiger partial charge in [-0.25, -0.2) is 4.39 Å². The van der Waals surface area contributed by atoms with Crippen LogP contribution in [0.15, 0.2) is 0 Å². The van der Waals surface area contributed by atoms with Crippen LogP contribution in [0.5, 0.6) is 0 Å². The van der Waals surface area contributed by atoms with Gasteiger partial charge in [0.25, 0.3) is 0 Å². The van der Waals surface area contributed by atoms with E-state index >= 15 is 0 Å². The second-order valence-electron chi connectivity index (χ2n) is 3.18. The summed E-state index contributed by atoms with van der Waals surface area (Å²) >= 11 is 0. The Kier molecular flexibility index (Phi) is 2.63. The van der Waals surface area contributed by atoms with Gasteiger partial charge >= 0.3 is 0 Å². The Labute approximate surface area is 61.6 Å². The first-order valence-corrected chi connectivity index (χ1v) is 3.69. The highest BCUT2D eigenvalue weighted by molar-refractivity contribution is 4.73. The fourth-order valence-electron chi connectivity index (χ4n) is 1.31. The molecule has 1 atom stereocenters. The summed E-state index contributed by atoms with van der Waals surface area (Å²) in [6.45, 7) is 2.43. The van der Waals surface area contributed by atoms with Gasteiger partial charge in [0.2, 0.25) is 0 Å². The van der Waals surface area contributed by atoms with E-state index in [1.165, 1.54) is 0 Å². The standard InChI is InChI=1S/C7H15FN2/c1-9(2)6-10-4-3-7(8)5-10/h7H,3-6H2,1-2H3. The summed E-state index contributed by atoms with van der Waals surface area (Å²) in [5.74, 6) is 0. The highest BCUT2D eigenvalue weighted by Gasteiger charge is 2.21. The predicted octanol–water partition coefficient (Wildman–Crippen LogP) is 0.549. The largest absolute Gasteiger partial charge is 0.297 e. The first-order valence-electron chi connectivity index (χ1n) is 3.69. The van der Waals surface area contributed by atoms with Gasteiger partial charge in [0.1, 0.15) is 6.17 Å². The molecule has 0 aromatic heterocycles. The van der Waals surface area contributed by atoms with Crippen molar-refractivity contribution in [3.05, 3.63) is 0 Å². The minimum atomic E-state index is -0.583. The molecule has 1 unspecified atom stereocenters. The lowest BCUT2D eigenvalue weighted by Gasteiger charge is -2.19. The van der Waals surface area contributed by atoms with Gasteiger partial charge in [-0.15, -0.1) is 0 Å². The van der Waals surface area contributed by atoms with E-state index in [-0.39, 0.29) is 0 Å². The number of alkyl halides is 1. The highest BCUT2D eigenvalue weighted by Crippen LogP contribution is 2.11. The summed E-state index contributed by atoms with van der Waals surface area (Å²) in [4.78, 5) is 4.20. The quantitative estimate of drug-likeness (QED) is 0.561. The van der Waals surface area contributed by atoms with Crippen molar-refractivity contribution in [1.82, 2.24) is 9.80 Å². The SMILES string of the molecule is CN(C)CN1CCC(F)C1. The van der Waals surface area contributed by atoms with Crippen LogP contribution in [-0.4, -0.2) is 49.8 Å². The fraction of sp³-hybridized carbons (Fsp3) is 1.00. The van der Waals surface area contributed by atoms with Gasteiger partial charge in [-0.2, -0.15) is 0 Å². The van der Waals surface area contributed by atoms with Gasteiger partial charge in [0.15, 0.2) is 0 Å². The lowest BCUT2D eigenvalue weighted by atomic mass is 10.3. The van der Waals surface area contributed by atoms with E-state index in [4.69, 9.17) is 0 Å². The van der Waals surface area contributed by atoms with Crippen molar-refractivity contribution in [3.8, 4) is 0 Å². The smallest absolute Gasteiger partial charge is 0.114 e. The molecule has 0 spiro atoms. The van der Waals surface area contributed by atoms with E-state index in [1.54, 1.807) is 0 Å². The van der Waals surface area contributed by atoms with Crippen molar-refractivity contribution in [2.75, 3.05) is 33.9 Å². The van der Waals surface area contributed by atoms with Gasteiger partial charge < -0.3 is 0 Å². The topological polar surface area (TPSA) is 6.48 Å². The Morgan fingerprint density at radius 1 is 1.60 bits per heavy atom. The lowest BCUT2D eigenvalue weighted by Crippen LogP contribution is -2.31. The van der Waals surface area contributed by atoms with Crippen LogP contribution in [0.4, 0.5) is 4.39 Å². The van der Waals surface area contributed by atoms with Gasteiger partial charge in [-0.3, -0.25) is 9.80 Å². The van der Waals surface area contributed by atoms with Crippen LogP contribution < -0.4 is 0 Å². The summed E-state index contributed by atoms with van der Waals surface area (Å²) in [5, 5.41) is 0. The molecule has 10 heavy (non-hydrogen) atoms. The summed E-state index contributed by atoms with van der Waals surface area (Å²) in [7, 11) is 4.01. The molecular weight excluding hydrogens is 131 g/mol. The van der Waals surface area contributed by atoms with Gasteiger partial charge in [0.05, 0.1) is 6.67 Å². The predicted molar refractivity (Wildman–Crippen MR) is 39.6 cm³/mol. The molecule has 0 radical (unpaired) electrons. The van der Waals surface area contributed by atoms with E-state index in [1.807, 2.05) is 14.1 Å². The van der Waals surface area contributed by atoms with E-state index in [9.17, 15) is 4.39 Å². The molecule has 2 nitrogen and oxygen atoms in total. The number of rotatable bonds is 2. The van der Waals surface area contributed by atoms with Crippen molar-refractivity contribution in [2.45, 2.75) is 12.6 Å². The second-order valence-corrected chi connectivity index (χ2v) is 3.18. The Hall–Kier alpha value is -0.150. The van der Waals surface area contributed by atoms with Crippen LogP contribution in [-0.2, 0) is 0 Å². The number of hydrogen-bond acceptors (Lipinski definition) is 2. The molecule has 60 valence electrons.